The number of para-hydroxylation sites is 2. The molecule has 2 rings (SSSR count). The zero-order valence-corrected chi connectivity index (χ0v) is 11.1. The Kier molecular flexibility index (Phi) is 4.41. The van der Waals surface area contributed by atoms with Gasteiger partial charge in [-0.05, 0) is 18.6 Å². The van der Waals surface area contributed by atoms with Crippen LogP contribution in [0.4, 0.5) is 0 Å². The fourth-order valence-electron chi connectivity index (χ4n) is 1.41. The average Bonchev–Trinajstić information content (AvgIpc) is 2.43. The van der Waals surface area contributed by atoms with Gasteiger partial charge in [-0.2, -0.15) is 0 Å². The van der Waals surface area contributed by atoms with E-state index in [4.69, 9.17) is 21.1 Å². The molecule has 19 heavy (non-hydrogen) atoms. The van der Waals surface area contributed by atoms with Crippen molar-refractivity contribution in [3.8, 4) is 17.4 Å². The van der Waals surface area contributed by atoms with Crippen LogP contribution in [-0.2, 0) is 0 Å². The van der Waals surface area contributed by atoms with Gasteiger partial charge in [0.1, 0.15) is 0 Å². The molecular formula is C13H13ClN2O3. The van der Waals surface area contributed by atoms with Crippen LogP contribution in [0.25, 0.3) is 0 Å². The Bertz CT molecular complexity index is 613. The van der Waals surface area contributed by atoms with Crippen molar-refractivity contribution in [2.45, 2.75) is 13.3 Å². The van der Waals surface area contributed by atoms with Crippen molar-refractivity contribution in [3.05, 3.63) is 46.0 Å². The highest BCUT2D eigenvalue weighted by atomic mass is 35.5. The minimum Gasteiger partial charge on any atom is -0.490 e. The van der Waals surface area contributed by atoms with E-state index in [1.807, 2.05) is 13.0 Å². The van der Waals surface area contributed by atoms with E-state index in [-0.39, 0.29) is 10.9 Å². The fourth-order valence-corrected chi connectivity index (χ4v) is 1.55. The van der Waals surface area contributed by atoms with Crippen LogP contribution < -0.4 is 15.0 Å². The quantitative estimate of drug-likeness (QED) is 0.914. The Labute approximate surface area is 115 Å². The summed E-state index contributed by atoms with van der Waals surface area (Å²) in [6.45, 7) is 2.59. The molecule has 0 spiro atoms. The first-order chi connectivity index (χ1) is 9.22. The molecule has 0 aliphatic rings. The maximum atomic E-state index is 11.3. The van der Waals surface area contributed by atoms with Crippen LogP contribution in [0, 0.1) is 0 Å². The standard InChI is InChI=1S/C13H13ClN2O3/c1-2-7-18-9-5-3-4-6-10(9)19-13-11(14)12(17)15-8-16-13/h3-6,8H,2,7H2,1H3,(H,15,16,17). The number of ether oxygens (including phenoxy) is 2. The van der Waals surface area contributed by atoms with Gasteiger partial charge in [-0.3, -0.25) is 4.79 Å². The third-order valence-corrected chi connectivity index (χ3v) is 2.62. The average molecular weight is 281 g/mol. The molecule has 1 aromatic carbocycles. The summed E-state index contributed by atoms with van der Waals surface area (Å²) in [6, 6.07) is 7.15. The lowest BCUT2D eigenvalue weighted by atomic mass is 10.3. The highest BCUT2D eigenvalue weighted by Crippen LogP contribution is 2.32. The molecule has 0 atom stereocenters. The van der Waals surface area contributed by atoms with Crippen LogP contribution in [0.5, 0.6) is 17.4 Å². The number of halogens is 1. The SMILES string of the molecule is CCCOc1ccccc1Oc1nc[nH]c(=O)c1Cl. The van der Waals surface area contributed by atoms with E-state index in [9.17, 15) is 4.79 Å². The van der Waals surface area contributed by atoms with Gasteiger partial charge in [0.2, 0.25) is 5.88 Å². The van der Waals surface area contributed by atoms with E-state index < -0.39 is 5.56 Å². The molecule has 0 aliphatic heterocycles. The molecule has 5 nitrogen and oxygen atoms in total. The van der Waals surface area contributed by atoms with Crippen molar-refractivity contribution in [2.24, 2.45) is 0 Å². The van der Waals surface area contributed by atoms with Crippen molar-refractivity contribution in [2.75, 3.05) is 6.61 Å². The molecule has 0 aliphatic carbocycles. The molecule has 0 radical (unpaired) electrons. The summed E-state index contributed by atoms with van der Waals surface area (Å²) in [5.41, 5.74) is -0.446. The van der Waals surface area contributed by atoms with Crippen LogP contribution in [0.2, 0.25) is 5.02 Å². The summed E-state index contributed by atoms with van der Waals surface area (Å²) in [7, 11) is 0. The van der Waals surface area contributed by atoms with Gasteiger partial charge in [0.25, 0.3) is 5.56 Å². The first kappa shape index (κ1) is 13.4. The molecule has 1 N–H and O–H groups in total. The normalized spacial score (nSPS) is 10.2. The molecule has 0 bridgehead atoms. The number of hydrogen-bond donors (Lipinski definition) is 1. The zero-order valence-electron chi connectivity index (χ0n) is 10.4. The number of hydrogen-bond acceptors (Lipinski definition) is 4. The van der Waals surface area contributed by atoms with Gasteiger partial charge in [-0.1, -0.05) is 30.7 Å². The molecule has 0 saturated heterocycles. The topological polar surface area (TPSA) is 64.2 Å². The zero-order chi connectivity index (χ0) is 13.7. The smallest absolute Gasteiger partial charge is 0.273 e. The molecule has 0 saturated carbocycles. The number of nitrogens with zero attached hydrogens (tertiary/aromatic N) is 1. The molecular weight excluding hydrogens is 268 g/mol. The predicted molar refractivity (Wildman–Crippen MR) is 72.2 cm³/mol. The Morgan fingerprint density at radius 1 is 1.32 bits per heavy atom. The molecule has 1 heterocycles. The number of benzene rings is 1. The largest absolute Gasteiger partial charge is 0.490 e. The van der Waals surface area contributed by atoms with Gasteiger partial charge in [0.15, 0.2) is 16.5 Å². The van der Waals surface area contributed by atoms with Gasteiger partial charge in [0.05, 0.1) is 12.9 Å². The third kappa shape index (κ3) is 3.26. The summed E-state index contributed by atoms with van der Waals surface area (Å²) < 4.78 is 11.1. The van der Waals surface area contributed by atoms with Crippen molar-refractivity contribution in [1.29, 1.82) is 0 Å². The molecule has 0 unspecified atom stereocenters. The maximum absolute atomic E-state index is 11.3. The van der Waals surface area contributed by atoms with Crippen LogP contribution in [-0.4, -0.2) is 16.6 Å². The van der Waals surface area contributed by atoms with Crippen LogP contribution in [0.3, 0.4) is 0 Å². The van der Waals surface area contributed by atoms with Gasteiger partial charge in [-0.15, -0.1) is 0 Å². The Balaban J connectivity index is 2.28. The number of aromatic amines is 1. The minimum absolute atomic E-state index is 0.0537. The Morgan fingerprint density at radius 3 is 2.79 bits per heavy atom. The van der Waals surface area contributed by atoms with E-state index >= 15 is 0 Å². The second-order valence-corrected chi connectivity index (χ2v) is 4.13. The second-order valence-electron chi connectivity index (χ2n) is 3.75. The highest BCUT2D eigenvalue weighted by molar-refractivity contribution is 6.31. The van der Waals surface area contributed by atoms with E-state index in [2.05, 4.69) is 9.97 Å². The molecule has 6 heteroatoms. The van der Waals surface area contributed by atoms with E-state index in [1.165, 1.54) is 6.33 Å². The maximum Gasteiger partial charge on any atom is 0.273 e. The van der Waals surface area contributed by atoms with Crippen LogP contribution >= 0.6 is 11.6 Å². The summed E-state index contributed by atoms with van der Waals surface area (Å²) in [5, 5.41) is -0.0900. The number of rotatable bonds is 5. The third-order valence-electron chi connectivity index (χ3n) is 2.28. The highest BCUT2D eigenvalue weighted by Gasteiger charge is 2.11. The Hall–Kier alpha value is -2.01. The first-order valence-electron chi connectivity index (χ1n) is 5.85. The fraction of sp³-hybridized carbons (Fsp3) is 0.231. The lowest BCUT2D eigenvalue weighted by Crippen LogP contribution is -2.08. The summed E-state index contributed by atoms with van der Waals surface area (Å²) in [6.07, 6.45) is 2.12. The minimum atomic E-state index is -0.446. The van der Waals surface area contributed by atoms with E-state index in [0.29, 0.717) is 18.1 Å². The van der Waals surface area contributed by atoms with Gasteiger partial charge >= 0.3 is 0 Å². The van der Waals surface area contributed by atoms with Crippen LogP contribution in [0.15, 0.2) is 35.4 Å². The molecule has 1 aromatic heterocycles. The lowest BCUT2D eigenvalue weighted by molar-refractivity contribution is 0.300. The number of H-pyrrole nitrogens is 1. The second kappa shape index (κ2) is 6.24. The number of aromatic nitrogens is 2. The van der Waals surface area contributed by atoms with Crippen molar-refractivity contribution >= 4 is 11.6 Å². The molecule has 2 aromatic rings. The molecule has 100 valence electrons. The van der Waals surface area contributed by atoms with E-state index in [0.717, 1.165) is 6.42 Å². The molecule has 0 amide bonds. The van der Waals surface area contributed by atoms with Gasteiger partial charge in [-0.25, -0.2) is 4.98 Å². The number of nitrogens with one attached hydrogen (secondary N) is 1. The summed E-state index contributed by atoms with van der Waals surface area (Å²) >= 11 is 5.83. The summed E-state index contributed by atoms with van der Waals surface area (Å²) in [5.74, 6) is 1.11. The summed E-state index contributed by atoms with van der Waals surface area (Å²) in [4.78, 5) is 17.6. The predicted octanol–water partition coefficient (Wildman–Crippen LogP) is 3.00. The van der Waals surface area contributed by atoms with Gasteiger partial charge < -0.3 is 14.5 Å². The lowest BCUT2D eigenvalue weighted by Gasteiger charge is -2.11. The van der Waals surface area contributed by atoms with E-state index in [1.54, 1.807) is 18.2 Å². The van der Waals surface area contributed by atoms with Gasteiger partial charge in [0, 0.05) is 0 Å². The van der Waals surface area contributed by atoms with Crippen molar-refractivity contribution in [3.63, 3.8) is 0 Å². The van der Waals surface area contributed by atoms with Crippen molar-refractivity contribution < 1.29 is 9.47 Å². The molecule has 0 fully saturated rings. The Morgan fingerprint density at radius 2 is 2.05 bits per heavy atom. The van der Waals surface area contributed by atoms with Crippen molar-refractivity contribution in [1.82, 2.24) is 9.97 Å². The van der Waals surface area contributed by atoms with Crippen LogP contribution in [0.1, 0.15) is 13.3 Å². The first-order valence-corrected chi connectivity index (χ1v) is 6.23. The monoisotopic (exact) mass is 280 g/mol.